The molecule has 21 aromatic carbocycles. The maximum absolute atomic E-state index is 16.3. The Morgan fingerprint density at radius 1 is 0.221 bits per heavy atom. The van der Waals surface area contributed by atoms with E-state index in [4.69, 9.17) is 44.2 Å². The predicted octanol–water partition coefficient (Wildman–Crippen LogP) is 35.2. The third-order valence-corrected chi connectivity index (χ3v) is 29.8. The lowest BCUT2D eigenvalue weighted by Gasteiger charge is -2.34. The van der Waals surface area contributed by atoms with Crippen LogP contribution in [-0.2, 0) is 21.7 Å². The molecule has 0 N–H and O–H groups in total. The Balaban J connectivity index is 0.733. The molecule has 0 spiro atoms. The number of hydrogen-bond donors (Lipinski definition) is 2. The van der Waals surface area contributed by atoms with Crippen LogP contribution in [0.25, 0.3) is 151 Å². The van der Waals surface area contributed by atoms with Crippen LogP contribution in [-0.4, -0.2) is 23.6 Å². The molecule has 136 heavy (non-hydrogen) atoms. The van der Waals surface area contributed by atoms with Crippen molar-refractivity contribution in [2.45, 2.75) is 194 Å². The van der Waals surface area contributed by atoms with Gasteiger partial charge >= 0.3 is 0 Å². The number of rotatable bonds is 14. The van der Waals surface area contributed by atoms with Crippen molar-refractivity contribution in [3.05, 3.63) is 309 Å². The van der Waals surface area contributed by atoms with Crippen molar-refractivity contribution >= 4 is 211 Å². The Morgan fingerprint density at radius 2 is 0.419 bits per heavy atom. The Hall–Kier alpha value is -13.8. The summed E-state index contributed by atoms with van der Waals surface area (Å²) in [5, 5.41) is 26.5. The minimum Gasteiger partial charge on any atom is -0.457 e. The second-order valence-electron chi connectivity index (χ2n) is 43.5. The van der Waals surface area contributed by atoms with Crippen molar-refractivity contribution in [3.63, 3.8) is 0 Å². The Morgan fingerprint density at radius 3 is 0.618 bits per heavy atom. The van der Waals surface area contributed by atoms with Crippen LogP contribution in [0.5, 0.6) is 46.0 Å². The number of benzene rings is 18. The summed E-state index contributed by atoms with van der Waals surface area (Å²) in [5.74, 6) is 2.32. The number of nitrogens with zero attached hydrogens (tertiary/aromatic N) is 2. The lowest BCUT2D eigenvalue weighted by molar-refractivity contribution is 0.0877. The summed E-state index contributed by atoms with van der Waals surface area (Å²) in [5.41, 5.74) is 10.1. The van der Waals surface area contributed by atoms with Gasteiger partial charge in [-0.15, -0.1) is 25.3 Å². The van der Waals surface area contributed by atoms with Gasteiger partial charge in [-0.3, -0.25) is 19.2 Å². The molecule has 2 aliphatic heterocycles. The van der Waals surface area contributed by atoms with E-state index in [1.54, 1.807) is 0 Å². The molecule has 0 aromatic heterocycles. The molecule has 2 aliphatic rings. The molecule has 21 aromatic rings. The quantitative estimate of drug-likeness (QED) is 0.0479. The second kappa shape index (κ2) is 30.4. The summed E-state index contributed by atoms with van der Waals surface area (Å²) in [6, 6.07) is 85.0. The SMILES string of the molecule is CC(C)c1cc(S)cc(C(C)C)c1N1C(=O)c2cc(Oc3ccc(C(C)(C)C)cc3)c3c4ccc5c6cc7ccc8cc9c(cc8ccc7cc6c6ccc(c7c(Oc8ccc(C(C)(C)C)cc8)cc(c2c37)C1=O)c4c56)c1ccc2c3c(Oc4ccc(C(C)(C)C)cc4)cc4c5c(cc(Oc6ccc(C(C)(C)C)cc6)c(c6ccc9c1c62)c53)C(=O)N(c1c(C(C)C)cc(S)cc1C(C)C)C4=O. The van der Waals surface area contributed by atoms with Crippen LogP contribution in [0.4, 0.5) is 11.4 Å². The molecule has 672 valence electrons. The van der Waals surface area contributed by atoms with Crippen molar-refractivity contribution in [3.8, 4) is 46.0 Å². The lowest BCUT2D eigenvalue weighted by atomic mass is 9.82. The zero-order valence-corrected chi connectivity index (χ0v) is 82.2. The number of carbonyl (C=O) groups excluding carboxylic acids is 4. The number of thiol groups is 2. The fourth-order valence-electron chi connectivity index (χ4n) is 22.3. The highest BCUT2D eigenvalue weighted by molar-refractivity contribution is 7.80. The number of fused-ring (bicyclic) bond motifs is 12. The zero-order valence-electron chi connectivity index (χ0n) is 80.5. The topological polar surface area (TPSA) is 112 Å². The van der Waals surface area contributed by atoms with Crippen molar-refractivity contribution in [2.75, 3.05) is 9.80 Å². The summed E-state index contributed by atoms with van der Waals surface area (Å²) in [4.78, 5) is 69.7. The van der Waals surface area contributed by atoms with Gasteiger partial charge in [-0.25, -0.2) is 9.80 Å². The molecule has 0 saturated heterocycles. The van der Waals surface area contributed by atoms with E-state index in [1.807, 2.05) is 97.1 Å². The Kier molecular flexibility index (Phi) is 19.3. The van der Waals surface area contributed by atoms with Crippen LogP contribution < -0.4 is 28.7 Å². The molecule has 10 nitrogen and oxygen atoms in total. The molecule has 0 radical (unpaired) electrons. The van der Waals surface area contributed by atoms with Gasteiger partial charge in [-0.2, -0.15) is 0 Å². The third-order valence-electron chi connectivity index (χ3n) is 29.3. The van der Waals surface area contributed by atoms with Crippen molar-refractivity contribution in [2.24, 2.45) is 0 Å². The number of carbonyl (C=O) groups is 4. The molecule has 0 fully saturated rings. The predicted molar refractivity (Wildman–Crippen MR) is 572 cm³/mol. The van der Waals surface area contributed by atoms with Crippen LogP contribution in [0.1, 0.15) is 248 Å². The number of ether oxygens (including phenoxy) is 4. The largest absolute Gasteiger partial charge is 0.457 e. The molecular weight excluding hydrogens is 1710 g/mol. The number of imide groups is 2. The number of amides is 4. The van der Waals surface area contributed by atoms with E-state index in [0.29, 0.717) is 101 Å². The van der Waals surface area contributed by atoms with Crippen LogP contribution >= 0.6 is 25.3 Å². The van der Waals surface area contributed by atoms with E-state index in [-0.39, 0.29) is 45.3 Å². The van der Waals surface area contributed by atoms with E-state index < -0.39 is 23.6 Å². The van der Waals surface area contributed by atoms with Gasteiger partial charge in [0.2, 0.25) is 0 Å². The first-order chi connectivity index (χ1) is 64.7. The van der Waals surface area contributed by atoms with Gasteiger partial charge < -0.3 is 18.9 Å². The molecule has 0 bridgehead atoms. The molecule has 4 amide bonds. The van der Waals surface area contributed by atoms with Crippen molar-refractivity contribution < 1.29 is 38.1 Å². The summed E-state index contributed by atoms with van der Waals surface area (Å²) in [6.07, 6.45) is 0. The molecule has 0 saturated carbocycles. The molecule has 23 rings (SSSR count). The first-order valence-corrected chi connectivity index (χ1v) is 48.6. The highest BCUT2D eigenvalue weighted by atomic mass is 32.1. The molecular formula is C124H106N2O8S2. The summed E-state index contributed by atoms with van der Waals surface area (Å²) < 4.78 is 29.5. The minimum absolute atomic E-state index is 0.0688. The van der Waals surface area contributed by atoms with E-state index >= 15 is 19.2 Å². The van der Waals surface area contributed by atoms with Gasteiger partial charge in [0.1, 0.15) is 46.0 Å². The highest BCUT2D eigenvalue weighted by Gasteiger charge is 2.44. The van der Waals surface area contributed by atoms with Crippen LogP contribution in [0.3, 0.4) is 0 Å². The van der Waals surface area contributed by atoms with Gasteiger partial charge in [-0.05, 0) is 319 Å². The van der Waals surface area contributed by atoms with Gasteiger partial charge in [0, 0.05) is 52.9 Å². The number of anilines is 2. The van der Waals surface area contributed by atoms with Crippen LogP contribution in [0.15, 0.2) is 252 Å². The monoisotopic (exact) mass is 1810 g/mol. The third kappa shape index (κ3) is 13.2. The van der Waals surface area contributed by atoms with E-state index in [9.17, 15) is 0 Å². The molecule has 2 heterocycles. The van der Waals surface area contributed by atoms with Gasteiger partial charge in [0.15, 0.2) is 0 Å². The maximum Gasteiger partial charge on any atom is 0.266 e. The second-order valence-corrected chi connectivity index (χ2v) is 44.5. The molecule has 0 unspecified atom stereocenters. The normalized spacial score (nSPS) is 13.8. The lowest BCUT2D eigenvalue weighted by Crippen LogP contribution is -2.42. The average Bonchev–Trinajstić information content (AvgIpc) is 1.41. The van der Waals surface area contributed by atoms with Crippen molar-refractivity contribution in [1.82, 2.24) is 0 Å². The zero-order chi connectivity index (χ0) is 94.9. The van der Waals surface area contributed by atoms with E-state index in [2.05, 4.69) is 284 Å². The molecule has 0 aliphatic carbocycles. The van der Waals surface area contributed by atoms with E-state index in [0.717, 1.165) is 184 Å². The van der Waals surface area contributed by atoms with Gasteiger partial charge in [-0.1, -0.05) is 260 Å². The Bertz CT molecular complexity index is 7840. The average molecular weight is 1820 g/mol. The fourth-order valence-corrected chi connectivity index (χ4v) is 22.9. The summed E-state index contributed by atoms with van der Waals surface area (Å²) in [6.45, 7) is 43.2. The first-order valence-electron chi connectivity index (χ1n) is 47.7. The fraction of sp³-hybridized carbons (Fsp3) is 0.226. The maximum atomic E-state index is 16.3. The van der Waals surface area contributed by atoms with Crippen LogP contribution in [0.2, 0.25) is 0 Å². The number of hydrogen-bond acceptors (Lipinski definition) is 10. The Labute approximate surface area is 802 Å². The highest BCUT2D eigenvalue weighted by Crippen LogP contribution is 2.60. The van der Waals surface area contributed by atoms with Gasteiger partial charge in [0.25, 0.3) is 23.6 Å². The van der Waals surface area contributed by atoms with E-state index in [1.165, 1.54) is 9.80 Å². The minimum atomic E-state index is -0.433. The molecule has 12 heteroatoms. The van der Waals surface area contributed by atoms with Crippen LogP contribution in [0, 0.1) is 0 Å². The summed E-state index contributed by atoms with van der Waals surface area (Å²) >= 11 is 9.83. The first kappa shape index (κ1) is 86.3. The van der Waals surface area contributed by atoms with Crippen molar-refractivity contribution in [1.29, 1.82) is 0 Å². The molecule has 0 atom stereocenters. The van der Waals surface area contributed by atoms with Gasteiger partial charge in [0.05, 0.1) is 33.6 Å². The smallest absolute Gasteiger partial charge is 0.266 e. The summed E-state index contributed by atoms with van der Waals surface area (Å²) in [7, 11) is 0. The standard InChI is InChI=1S/C124H106N2O8S2/c1-61(2)87-53-77(135)54-88(62(3)4)115(87)125-117(127)95-57-99(131-73-33-25-69(26-34-73)121(9,10)11)109-83-45-41-79-91-49-65-21-23-67-51-93-81-43-47-85-106-86(48-44-82(104(81)106)94(93)52-68(67)24-22-66(65)50-92(91)80-42-46-84(105(83)103(79)80)110-100(58-96(118(125)128)107(95)113(109)110)132-74-35-27-70(28-36-74)122(12,13)14)112-102(134-76-39-31-72(32-40-76)124(18,19)20)60-98-108-97(59-101(111(85)114(108)112)133-75-37-29-71(30-38-75)123(15,16)17)119(129)126(120(98)130)116-89(63(5)6)55-78(136)56-90(116)64(7)8/h21-64,135-136H,1-20H3.